The normalized spacial score (nSPS) is 40.0. The van der Waals surface area contributed by atoms with E-state index in [-0.39, 0.29) is 0 Å². The first kappa shape index (κ1) is 8.90. The molecule has 0 bridgehead atoms. The minimum atomic E-state index is 0.683. The van der Waals surface area contributed by atoms with Crippen molar-refractivity contribution >= 4 is 6.21 Å². The van der Waals surface area contributed by atoms with Crippen LogP contribution in [0.3, 0.4) is 0 Å². The molecule has 2 aliphatic heterocycles. The molecular weight excluding hydrogens is 172 g/mol. The molecule has 1 aliphatic carbocycles. The van der Waals surface area contributed by atoms with Gasteiger partial charge in [0.15, 0.2) is 0 Å². The van der Waals surface area contributed by atoms with Crippen molar-refractivity contribution in [2.75, 3.05) is 13.1 Å². The molecule has 1 N–H and O–H groups in total. The van der Waals surface area contributed by atoms with Crippen molar-refractivity contribution in [2.45, 2.75) is 44.6 Å². The molecule has 0 radical (unpaired) electrons. The Morgan fingerprint density at radius 3 is 2.86 bits per heavy atom. The van der Waals surface area contributed by atoms with Crippen LogP contribution in [0.4, 0.5) is 0 Å². The van der Waals surface area contributed by atoms with Crippen LogP contribution in [0.2, 0.25) is 0 Å². The Kier molecular flexibility index (Phi) is 2.12. The van der Waals surface area contributed by atoms with Crippen LogP contribution in [0.1, 0.15) is 38.5 Å². The van der Waals surface area contributed by atoms with E-state index >= 15 is 0 Å². The second-order valence-electron chi connectivity index (χ2n) is 5.39. The molecule has 0 aromatic carbocycles. The molecular formula is C12H20N2. The first-order chi connectivity index (χ1) is 6.88. The molecule has 3 aliphatic rings. The summed E-state index contributed by atoms with van der Waals surface area (Å²) in [6, 6.07) is 0.696. The van der Waals surface area contributed by atoms with E-state index in [1.54, 1.807) is 0 Å². The molecule has 2 atom stereocenters. The van der Waals surface area contributed by atoms with Crippen molar-refractivity contribution in [1.82, 2.24) is 5.32 Å². The standard InChI is InChI=1S/C12H20N2/c1-2-10-8-12(3-6-13-7-4-12)9-11(10)14-5-1/h5,10-11,13H,1-4,6-9H2. The summed E-state index contributed by atoms with van der Waals surface area (Å²) in [4.78, 5) is 4.70. The van der Waals surface area contributed by atoms with Crippen LogP contribution < -0.4 is 5.32 Å². The highest BCUT2D eigenvalue weighted by atomic mass is 14.9. The number of aliphatic imine (C=N–C) groups is 1. The maximum atomic E-state index is 4.70. The number of piperidine rings is 1. The maximum Gasteiger partial charge on any atom is 0.0529 e. The predicted octanol–water partition coefficient (Wildman–Crippen LogP) is 2.00. The van der Waals surface area contributed by atoms with Crippen molar-refractivity contribution in [3.8, 4) is 0 Å². The lowest BCUT2D eigenvalue weighted by Gasteiger charge is -2.33. The first-order valence-electron chi connectivity index (χ1n) is 6.10. The Hall–Kier alpha value is -0.370. The third kappa shape index (κ3) is 1.40. The van der Waals surface area contributed by atoms with Crippen molar-refractivity contribution in [3.63, 3.8) is 0 Å². The first-order valence-corrected chi connectivity index (χ1v) is 6.10. The van der Waals surface area contributed by atoms with Crippen LogP contribution >= 0.6 is 0 Å². The lowest BCUT2D eigenvalue weighted by molar-refractivity contribution is 0.200. The topological polar surface area (TPSA) is 24.4 Å². The van der Waals surface area contributed by atoms with E-state index in [0.29, 0.717) is 11.5 Å². The molecule has 2 unspecified atom stereocenters. The fourth-order valence-electron chi connectivity index (χ4n) is 3.72. The third-order valence-corrected chi connectivity index (χ3v) is 4.51. The van der Waals surface area contributed by atoms with Gasteiger partial charge < -0.3 is 5.32 Å². The summed E-state index contributed by atoms with van der Waals surface area (Å²) >= 11 is 0. The third-order valence-electron chi connectivity index (χ3n) is 4.51. The van der Waals surface area contributed by atoms with Gasteiger partial charge in [-0.2, -0.15) is 0 Å². The molecule has 0 aromatic rings. The van der Waals surface area contributed by atoms with Crippen molar-refractivity contribution < 1.29 is 0 Å². The highest BCUT2D eigenvalue weighted by molar-refractivity contribution is 5.58. The molecule has 3 rings (SSSR count). The van der Waals surface area contributed by atoms with Gasteiger partial charge in [0, 0.05) is 0 Å². The molecule has 1 saturated carbocycles. The van der Waals surface area contributed by atoms with E-state index < -0.39 is 0 Å². The number of nitrogens with one attached hydrogen (secondary N) is 1. The Balaban J connectivity index is 1.75. The second kappa shape index (κ2) is 3.34. The Morgan fingerprint density at radius 1 is 1.21 bits per heavy atom. The van der Waals surface area contributed by atoms with Crippen LogP contribution in [0.5, 0.6) is 0 Å². The lowest BCUT2D eigenvalue weighted by Crippen LogP contribution is -2.35. The largest absolute Gasteiger partial charge is 0.317 e. The summed E-state index contributed by atoms with van der Waals surface area (Å²) in [5, 5.41) is 3.48. The molecule has 1 spiro atoms. The number of fused-ring (bicyclic) bond motifs is 1. The highest BCUT2D eigenvalue weighted by Gasteiger charge is 2.45. The lowest BCUT2D eigenvalue weighted by atomic mass is 9.76. The SMILES string of the molecule is C1=NC2CC3(CCNCC3)CC2CC1. The van der Waals surface area contributed by atoms with E-state index in [4.69, 9.17) is 4.99 Å². The summed E-state index contributed by atoms with van der Waals surface area (Å²) in [6.07, 6.45) is 10.5. The quantitative estimate of drug-likeness (QED) is 0.623. The summed E-state index contributed by atoms with van der Waals surface area (Å²) in [7, 11) is 0. The predicted molar refractivity (Wildman–Crippen MR) is 58.8 cm³/mol. The van der Waals surface area contributed by atoms with Crippen molar-refractivity contribution in [3.05, 3.63) is 0 Å². The molecule has 0 amide bonds. The average molecular weight is 192 g/mol. The molecule has 0 aromatic heterocycles. The van der Waals surface area contributed by atoms with Crippen molar-refractivity contribution in [1.29, 1.82) is 0 Å². The van der Waals surface area contributed by atoms with Gasteiger partial charge in [0.25, 0.3) is 0 Å². The smallest absolute Gasteiger partial charge is 0.0529 e. The van der Waals surface area contributed by atoms with Gasteiger partial charge in [-0.05, 0) is 69.2 Å². The monoisotopic (exact) mass is 192 g/mol. The Labute approximate surface area is 86.2 Å². The molecule has 14 heavy (non-hydrogen) atoms. The maximum absolute atomic E-state index is 4.70. The molecule has 78 valence electrons. The van der Waals surface area contributed by atoms with Crippen LogP contribution in [0.25, 0.3) is 0 Å². The fourth-order valence-corrected chi connectivity index (χ4v) is 3.72. The van der Waals surface area contributed by atoms with Crippen molar-refractivity contribution in [2.24, 2.45) is 16.3 Å². The van der Waals surface area contributed by atoms with Crippen LogP contribution in [0, 0.1) is 11.3 Å². The van der Waals surface area contributed by atoms with E-state index in [2.05, 4.69) is 11.5 Å². The van der Waals surface area contributed by atoms with Gasteiger partial charge >= 0.3 is 0 Å². The molecule has 2 nitrogen and oxygen atoms in total. The summed E-state index contributed by atoms with van der Waals surface area (Å²) in [6.45, 7) is 2.48. The van der Waals surface area contributed by atoms with Gasteiger partial charge in [-0.15, -0.1) is 0 Å². The second-order valence-corrected chi connectivity index (χ2v) is 5.39. The molecule has 1 saturated heterocycles. The van der Waals surface area contributed by atoms with Gasteiger partial charge in [-0.3, -0.25) is 4.99 Å². The zero-order valence-corrected chi connectivity index (χ0v) is 8.84. The summed E-state index contributed by atoms with van der Waals surface area (Å²) in [5.74, 6) is 0.929. The Bertz CT molecular complexity index is 241. The average Bonchev–Trinajstić information content (AvgIpc) is 2.56. The zero-order chi connectivity index (χ0) is 9.43. The highest BCUT2D eigenvalue weighted by Crippen LogP contribution is 2.50. The van der Waals surface area contributed by atoms with Gasteiger partial charge in [-0.25, -0.2) is 0 Å². The van der Waals surface area contributed by atoms with E-state index in [9.17, 15) is 0 Å². The number of nitrogens with zero attached hydrogens (tertiary/aromatic N) is 1. The van der Waals surface area contributed by atoms with Crippen LogP contribution in [-0.4, -0.2) is 25.3 Å². The minimum absolute atomic E-state index is 0.683. The Morgan fingerprint density at radius 2 is 2.07 bits per heavy atom. The fraction of sp³-hybridized carbons (Fsp3) is 0.917. The van der Waals surface area contributed by atoms with Crippen LogP contribution in [-0.2, 0) is 0 Å². The van der Waals surface area contributed by atoms with Gasteiger partial charge in [0.2, 0.25) is 0 Å². The zero-order valence-electron chi connectivity index (χ0n) is 8.84. The summed E-state index contributed by atoms with van der Waals surface area (Å²) in [5.41, 5.74) is 0.683. The van der Waals surface area contributed by atoms with E-state index in [1.165, 1.54) is 51.6 Å². The van der Waals surface area contributed by atoms with Crippen LogP contribution in [0.15, 0.2) is 4.99 Å². The number of hydrogen-bond acceptors (Lipinski definition) is 2. The summed E-state index contributed by atoms with van der Waals surface area (Å²) < 4.78 is 0. The van der Waals surface area contributed by atoms with E-state index in [0.717, 1.165) is 5.92 Å². The number of hydrogen-bond donors (Lipinski definition) is 1. The van der Waals surface area contributed by atoms with E-state index in [1.807, 2.05) is 0 Å². The molecule has 2 heterocycles. The molecule has 2 fully saturated rings. The van der Waals surface area contributed by atoms with Gasteiger partial charge in [0.1, 0.15) is 0 Å². The van der Waals surface area contributed by atoms with Gasteiger partial charge in [-0.1, -0.05) is 0 Å². The van der Waals surface area contributed by atoms with Gasteiger partial charge in [0.05, 0.1) is 6.04 Å². The molecule has 2 heteroatoms. The minimum Gasteiger partial charge on any atom is -0.317 e. The number of rotatable bonds is 0.